The van der Waals surface area contributed by atoms with Crippen LogP contribution in [0.1, 0.15) is 34.1 Å². The standard InChI is InChI=1S/C11H20Cl3NSi3/c1-10(2)8-16-15(17-9-11(3)4)6-5-7-18(12,13)14/h8-9H,5-7H2,1-4H3. The second-order valence-electron chi connectivity index (χ2n) is 4.57. The molecule has 0 rings (SSSR count). The van der Waals surface area contributed by atoms with Gasteiger partial charge >= 0.3 is 6.00 Å². The molecule has 1 nitrogen and oxygen atoms in total. The van der Waals surface area contributed by atoms with E-state index < -0.39 is 6.00 Å². The van der Waals surface area contributed by atoms with Crippen molar-refractivity contribution in [1.29, 1.82) is 0 Å². The zero-order chi connectivity index (χ0) is 14.2. The van der Waals surface area contributed by atoms with Gasteiger partial charge in [0.25, 0.3) is 0 Å². The Morgan fingerprint density at radius 2 is 1.44 bits per heavy atom. The van der Waals surface area contributed by atoms with Crippen molar-refractivity contribution in [2.75, 3.05) is 6.54 Å². The minimum Gasteiger partial charge on any atom is -0.342 e. The van der Waals surface area contributed by atoms with E-state index in [2.05, 4.69) is 43.3 Å². The molecule has 7 heteroatoms. The maximum atomic E-state index is 5.90. The van der Waals surface area contributed by atoms with Gasteiger partial charge in [-0.3, -0.25) is 0 Å². The van der Waals surface area contributed by atoms with Gasteiger partial charge in [-0.1, -0.05) is 22.5 Å². The summed E-state index contributed by atoms with van der Waals surface area (Å²) in [5, 5.41) is 0. The molecule has 0 aliphatic carbocycles. The normalized spacial score (nSPS) is 11.6. The average Bonchev–Trinajstić information content (AvgIpc) is 2.19. The van der Waals surface area contributed by atoms with Crippen LogP contribution in [0.2, 0.25) is 6.04 Å². The van der Waals surface area contributed by atoms with Gasteiger partial charge in [0.1, 0.15) is 0 Å². The highest BCUT2D eigenvalue weighted by Crippen LogP contribution is 2.26. The molecule has 0 aromatic rings. The van der Waals surface area contributed by atoms with Gasteiger partial charge in [0, 0.05) is 0 Å². The number of halogens is 3. The molecule has 18 heavy (non-hydrogen) atoms. The summed E-state index contributed by atoms with van der Waals surface area (Å²) >= 11 is 17.7. The third kappa shape index (κ3) is 13.4. The molecule has 0 amide bonds. The molecular formula is C11H20Cl3NSi3. The summed E-state index contributed by atoms with van der Waals surface area (Å²) in [6.45, 7) is 9.52. The Labute approximate surface area is 131 Å². The Balaban J connectivity index is 4.21. The van der Waals surface area contributed by atoms with Crippen molar-refractivity contribution in [1.82, 2.24) is 4.23 Å². The second-order valence-corrected chi connectivity index (χ2v) is 16.5. The van der Waals surface area contributed by atoms with Gasteiger partial charge < -0.3 is 4.23 Å². The molecule has 0 spiro atoms. The molecule has 4 radical (unpaired) electrons. The summed E-state index contributed by atoms with van der Waals surface area (Å²) in [7, 11) is 1.44. The quantitative estimate of drug-likeness (QED) is 0.459. The van der Waals surface area contributed by atoms with Crippen molar-refractivity contribution >= 4 is 58.6 Å². The van der Waals surface area contributed by atoms with Crippen LogP contribution in [0.4, 0.5) is 0 Å². The lowest BCUT2D eigenvalue weighted by Crippen LogP contribution is -2.32. The lowest BCUT2D eigenvalue weighted by atomic mass is 10.4. The molecule has 0 heterocycles. The third-order valence-corrected chi connectivity index (χ3v) is 7.74. The number of allylic oxidation sites excluding steroid dienone is 2. The molecule has 0 aliphatic heterocycles. The van der Waals surface area contributed by atoms with Crippen LogP contribution in [-0.2, 0) is 0 Å². The summed E-state index contributed by atoms with van der Waals surface area (Å²) < 4.78 is 2.44. The fraction of sp³-hybridized carbons (Fsp3) is 0.636. The van der Waals surface area contributed by atoms with Crippen molar-refractivity contribution in [3.8, 4) is 0 Å². The molecule has 0 aromatic heterocycles. The lowest BCUT2D eigenvalue weighted by molar-refractivity contribution is 0.659. The summed E-state index contributed by atoms with van der Waals surface area (Å²) in [5.41, 5.74) is 7.27. The van der Waals surface area contributed by atoms with Gasteiger partial charge in [-0.2, -0.15) is 0 Å². The van der Waals surface area contributed by atoms with Crippen LogP contribution in [0.5, 0.6) is 0 Å². The Hall–Kier alpha value is 0.961. The Bertz CT molecular complexity index is 272. The molecule has 0 fully saturated rings. The molecule has 0 aliphatic rings. The SMILES string of the molecule is CC(C)=C[Si]N(CCC[Si](Cl)(Cl)Cl)[Si]C=C(C)C. The van der Waals surface area contributed by atoms with Crippen molar-refractivity contribution in [2.24, 2.45) is 0 Å². The van der Waals surface area contributed by atoms with Crippen LogP contribution in [-0.4, -0.2) is 36.1 Å². The number of hydrogen-bond acceptors (Lipinski definition) is 1. The van der Waals surface area contributed by atoms with Gasteiger partial charge in [0.2, 0.25) is 0 Å². The first-order valence-corrected chi connectivity index (χ1v) is 13.1. The van der Waals surface area contributed by atoms with E-state index in [1.165, 1.54) is 11.1 Å². The molecule has 0 N–H and O–H groups in total. The van der Waals surface area contributed by atoms with Crippen molar-refractivity contribution in [2.45, 2.75) is 40.2 Å². The highest BCUT2D eigenvalue weighted by atomic mass is 35.8. The van der Waals surface area contributed by atoms with Crippen molar-refractivity contribution in [3.05, 3.63) is 22.5 Å². The van der Waals surface area contributed by atoms with Crippen LogP contribution in [0.15, 0.2) is 22.5 Å². The van der Waals surface area contributed by atoms with Crippen LogP contribution in [0, 0.1) is 0 Å². The van der Waals surface area contributed by atoms with E-state index >= 15 is 0 Å². The number of hydrogen-bond donors (Lipinski definition) is 0. The van der Waals surface area contributed by atoms with E-state index in [9.17, 15) is 0 Å². The average molecular weight is 357 g/mol. The van der Waals surface area contributed by atoms with E-state index in [0.717, 1.165) is 38.4 Å². The van der Waals surface area contributed by atoms with Crippen LogP contribution in [0.25, 0.3) is 0 Å². The molecule has 0 atom stereocenters. The monoisotopic (exact) mass is 355 g/mol. The molecular weight excluding hydrogens is 337 g/mol. The Morgan fingerprint density at radius 3 is 1.78 bits per heavy atom. The van der Waals surface area contributed by atoms with Gasteiger partial charge in [-0.05, 0) is 46.7 Å². The first kappa shape index (κ1) is 19.0. The zero-order valence-corrected chi connectivity index (χ0v) is 16.6. The maximum Gasteiger partial charge on any atom is 0.341 e. The summed E-state index contributed by atoms with van der Waals surface area (Å²) in [5.74, 6) is 0. The predicted octanol–water partition coefficient (Wildman–Crippen LogP) is 4.42. The first-order chi connectivity index (χ1) is 8.20. The van der Waals surface area contributed by atoms with Crippen LogP contribution in [0.3, 0.4) is 0 Å². The molecule has 0 bridgehead atoms. The molecule has 0 unspecified atom stereocenters. The van der Waals surface area contributed by atoms with Crippen LogP contribution < -0.4 is 0 Å². The first-order valence-electron chi connectivity index (χ1n) is 5.84. The predicted molar refractivity (Wildman–Crippen MR) is 89.8 cm³/mol. The maximum absolute atomic E-state index is 5.90. The van der Waals surface area contributed by atoms with Gasteiger partial charge in [0.15, 0.2) is 19.4 Å². The molecule has 0 saturated heterocycles. The Morgan fingerprint density at radius 1 is 1.00 bits per heavy atom. The highest BCUT2D eigenvalue weighted by molar-refractivity contribution is 7.64. The van der Waals surface area contributed by atoms with E-state index in [4.69, 9.17) is 33.2 Å². The highest BCUT2D eigenvalue weighted by Gasteiger charge is 2.24. The van der Waals surface area contributed by atoms with Gasteiger partial charge in [-0.25, -0.2) is 0 Å². The van der Waals surface area contributed by atoms with E-state index in [-0.39, 0.29) is 0 Å². The minimum atomic E-state index is -2.45. The smallest absolute Gasteiger partial charge is 0.341 e. The van der Waals surface area contributed by atoms with Crippen LogP contribution >= 0.6 is 33.2 Å². The van der Waals surface area contributed by atoms with Gasteiger partial charge in [-0.15, -0.1) is 33.2 Å². The van der Waals surface area contributed by atoms with Crippen molar-refractivity contribution < 1.29 is 0 Å². The summed E-state index contributed by atoms with van der Waals surface area (Å²) in [6.07, 6.45) is 0.968. The summed E-state index contributed by atoms with van der Waals surface area (Å²) in [6, 6.07) is -1.71. The van der Waals surface area contributed by atoms with Crippen molar-refractivity contribution in [3.63, 3.8) is 0 Å². The topological polar surface area (TPSA) is 3.24 Å². The molecule has 102 valence electrons. The molecule has 0 aromatic carbocycles. The van der Waals surface area contributed by atoms with E-state index in [1.54, 1.807) is 0 Å². The number of nitrogens with zero attached hydrogens (tertiary/aromatic N) is 1. The number of rotatable bonds is 8. The minimum absolute atomic E-state index is 0.722. The van der Waals surface area contributed by atoms with Gasteiger partial charge in [0.05, 0.1) is 0 Å². The fourth-order valence-electron chi connectivity index (χ4n) is 1.02. The summed E-state index contributed by atoms with van der Waals surface area (Å²) in [4.78, 5) is 0. The largest absolute Gasteiger partial charge is 0.342 e. The second kappa shape index (κ2) is 9.80. The zero-order valence-electron chi connectivity index (χ0n) is 11.4. The lowest BCUT2D eigenvalue weighted by Gasteiger charge is -2.18. The third-order valence-electron chi connectivity index (χ3n) is 1.86. The van der Waals surface area contributed by atoms with E-state index in [1.807, 2.05) is 0 Å². The molecule has 0 saturated carbocycles. The Kier molecular flexibility index (Phi) is 10.3. The fourth-order valence-corrected chi connectivity index (χ4v) is 4.87. The van der Waals surface area contributed by atoms with E-state index in [0.29, 0.717) is 0 Å².